The molecule has 2 aromatic rings. The van der Waals surface area contributed by atoms with Crippen molar-refractivity contribution >= 4 is 17.4 Å². The highest BCUT2D eigenvalue weighted by molar-refractivity contribution is 7.99. The molecule has 162 valence electrons. The summed E-state index contributed by atoms with van der Waals surface area (Å²) in [5.74, 6) is 1.31. The van der Waals surface area contributed by atoms with Gasteiger partial charge in [-0.05, 0) is 54.9 Å². The molecule has 2 N–H and O–H groups in total. The number of rotatable bonds is 6. The van der Waals surface area contributed by atoms with Crippen LogP contribution in [0.5, 0.6) is 5.88 Å². The zero-order valence-corrected chi connectivity index (χ0v) is 17.5. The van der Waals surface area contributed by atoms with Gasteiger partial charge in [-0.2, -0.15) is 11.8 Å². The highest BCUT2D eigenvalue weighted by Gasteiger charge is 2.28. The van der Waals surface area contributed by atoms with Crippen LogP contribution in [-0.4, -0.2) is 52.2 Å². The van der Waals surface area contributed by atoms with Gasteiger partial charge < -0.3 is 19.8 Å². The van der Waals surface area contributed by atoms with E-state index in [1.54, 1.807) is 23.1 Å². The van der Waals surface area contributed by atoms with Crippen LogP contribution >= 0.6 is 11.8 Å². The lowest BCUT2D eigenvalue weighted by molar-refractivity contribution is -0.0541. The lowest BCUT2D eigenvalue weighted by atomic mass is 10.1. The molecule has 0 aliphatic carbocycles. The summed E-state index contributed by atoms with van der Waals surface area (Å²) in [7, 11) is 0. The highest BCUT2D eigenvalue weighted by Crippen LogP contribution is 2.34. The Balaban J connectivity index is 1.51. The van der Waals surface area contributed by atoms with Crippen molar-refractivity contribution < 1.29 is 23.7 Å². The molecule has 2 fully saturated rings. The van der Waals surface area contributed by atoms with Crippen LogP contribution in [0.25, 0.3) is 11.3 Å². The Hall–Kier alpha value is -1.90. The third kappa shape index (κ3) is 5.04. The molecular weight excluding hydrogens is 410 g/mol. The third-order valence-corrected chi connectivity index (χ3v) is 6.69. The molecule has 4 rings (SSSR count). The Morgan fingerprint density at radius 3 is 2.57 bits per heavy atom. The third-order valence-electron chi connectivity index (χ3n) is 5.64. The number of thioether (sulfide) groups is 1. The van der Waals surface area contributed by atoms with Gasteiger partial charge in [-0.1, -0.05) is 6.07 Å². The van der Waals surface area contributed by atoms with Crippen LogP contribution in [0.3, 0.4) is 0 Å². The smallest absolute Gasteiger partial charge is 0.214 e. The van der Waals surface area contributed by atoms with Gasteiger partial charge in [-0.25, -0.2) is 13.8 Å². The molecule has 1 aromatic heterocycles. The van der Waals surface area contributed by atoms with Crippen molar-refractivity contribution in [3.8, 4) is 17.1 Å². The van der Waals surface area contributed by atoms with Crippen LogP contribution in [0.4, 0.5) is 14.5 Å². The first-order chi connectivity index (χ1) is 14.5. The molecular formula is C22H26F2N2O3S. The summed E-state index contributed by atoms with van der Waals surface area (Å²) in [5, 5.41) is 18.3. The Bertz CT molecular complexity index is 854. The molecule has 0 saturated carbocycles. The van der Waals surface area contributed by atoms with Gasteiger partial charge in [0.15, 0.2) is 6.29 Å². The van der Waals surface area contributed by atoms with Crippen molar-refractivity contribution in [1.29, 1.82) is 0 Å². The van der Waals surface area contributed by atoms with E-state index in [4.69, 9.17) is 14.9 Å². The van der Waals surface area contributed by atoms with E-state index in [-0.39, 0.29) is 24.1 Å². The number of benzene rings is 1. The summed E-state index contributed by atoms with van der Waals surface area (Å²) in [6.07, 6.45) is 1.54. The lowest BCUT2D eigenvalue weighted by Gasteiger charge is -2.22. The van der Waals surface area contributed by atoms with Gasteiger partial charge in [0.1, 0.15) is 23.4 Å². The molecule has 2 aliphatic heterocycles. The largest absolute Gasteiger partial charge is 0.474 e. The van der Waals surface area contributed by atoms with E-state index in [1.165, 1.54) is 12.1 Å². The Kier molecular flexibility index (Phi) is 6.75. The summed E-state index contributed by atoms with van der Waals surface area (Å²) in [6.45, 7) is 0.873. The summed E-state index contributed by atoms with van der Waals surface area (Å²) >= 11 is 1.91. The maximum atomic E-state index is 14.9. The van der Waals surface area contributed by atoms with Crippen molar-refractivity contribution in [2.24, 2.45) is 5.92 Å². The van der Waals surface area contributed by atoms with E-state index < -0.39 is 17.9 Å². The molecule has 5 nitrogen and oxygen atoms in total. The normalized spacial score (nSPS) is 20.2. The minimum Gasteiger partial charge on any atom is -0.474 e. The van der Waals surface area contributed by atoms with Crippen LogP contribution < -0.4 is 9.64 Å². The Morgan fingerprint density at radius 2 is 1.87 bits per heavy atom. The van der Waals surface area contributed by atoms with E-state index >= 15 is 0 Å². The van der Waals surface area contributed by atoms with Crippen LogP contribution in [0, 0.1) is 17.6 Å². The lowest BCUT2D eigenvalue weighted by Crippen LogP contribution is -2.23. The van der Waals surface area contributed by atoms with Crippen LogP contribution in [0.2, 0.25) is 0 Å². The summed E-state index contributed by atoms with van der Waals surface area (Å²) < 4.78 is 35.7. The van der Waals surface area contributed by atoms with Crippen molar-refractivity contribution in [2.45, 2.75) is 38.1 Å². The molecule has 30 heavy (non-hydrogen) atoms. The first-order valence-electron chi connectivity index (χ1n) is 10.3. The monoisotopic (exact) mass is 436 g/mol. The number of aliphatic hydroxyl groups excluding tert-OH is 1. The Labute approximate surface area is 179 Å². The molecule has 0 amide bonds. The molecule has 1 aromatic carbocycles. The quantitative estimate of drug-likeness (QED) is 0.671. The van der Waals surface area contributed by atoms with Gasteiger partial charge in [0.05, 0.1) is 5.69 Å². The van der Waals surface area contributed by atoms with Gasteiger partial charge in [0, 0.05) is 31.1 Å². The molecule has 1 unspecified atom stereocenters. The van der Waals surface area contributed by atoms with E-state index in [0.717, 1.165) is 24.3 Å². The van der Waals surface area contributed by atoms with E-state index in [0.29, 0.717) is 36.6 Å². The van der Waals surface area contributed by atoms with E-state index in [9.17, 15) is 8.78 Å². The van der Waals surface area contributed by atoms with Gasteiger partial charge in [0.2, 0.25) is 5.88 Å². The number of ether oxygens (including phenoxy) is 1. The first kappa shape index (κ1) is 21.3. The number of pyridine rings is 1. The number of nitrogens with zero attached hydrogens (tertiary/aromatic N) is 2. The zero-order valence-electron chi connectivity index (χ0n) is 16.6. The molecule has 1 atom stereocenters. The number of hydrogen-bond donors (Lipinski definition) is 2. The van der Waals surface area contributed by atoms with Crippen LogP contribution in [0.15, 0.2) is 30.3 Å². The summed E-state index contributed by atoms with van der Waals surface area (Å²) in [5.41, 5.74) is 0.755. The maximum absolute atomic E-state index is 14.9. The number of hydrogen-bond acceptors (Lipinski definition) is 6. The molecule has 2 saturated heterocycles. The second kappa shape index (κ2) is 9.49. The predicted molar refractivity (Wildman–Crippen MR) is 114 cm³/mol. The average Bonchev–Trinajstić information content (AvgIpc) is 3.15. The second-order valence-corrected chi connectivity index (χ2v) is 9.12. The molecule has 0 bridgehead atoms. The topological polar surface area (TPSA) is 65.8 Å². The van der Waals surface area contributed by atoms with Gasteiger partial charge in [-0.15, -0.1) is 0 Å². The minimum atomic E-state index is -1.40. The number of aliphatic hydroxyl groups is 2. The Morgan fingerprint density at radius 1 is 1.13 bits per heavy atom. The second-order valence-electron chi connectivity index (χ2n) is 7.90. The molecule has 0 spiro atoms. The van der Waals surface area contributed by atoms with Crippen LogP contribution in [-0.2, 0) is 0 Å². The standard InChI is InChI=1S/C22H26F2N2O3S/c23-17-11-15(12-18(24)22(17)26-7-4-14(13-26)10-21(27)28)19-2-1-3-20(25-19)29-16-5-8-30-9-6-16/h1-3,11-12,14,16,21,27-28H,4-10,13H2. The van der Waals surface area contributed by atoms with Gasteiger partial charge in [0.25, 0.3) is 0 Å². The van der Waals surface area contributed by atoms with Crippen LogP contribution in [0.1, 0.15) is 25.7 Å². The average molecular weight is 437 g/mol. The van der Waals surface area contributed by atoms with E-state index in [1.807, 2.05) is 11.8 Å². The SMILES string of the molecule is OC(O)CC1CCN(c2c(F)cc(-c3cccc(OC4CCSCC4)n3)cc2F)C1. The van der Waals surface area contributed by atoms with Crippen molar-refractivity contribution in [3.05, 3.63) is 42.0 Å². The molecule has 0 radical (unpaired) electrons. The van der Waals surface area contributed by atoms with E-state index in [2.05, 4.69) is 4.98 Å². The van der Waals surface area contributed by atoms with Crippen molar-refractivity contribution in [2.75, 3.05) is 29.5 Å². The maximum Gasteiger partial charge on any atom is 0.214 e. The fourth-order valence-corrected chi connectivity index (χ4v) is 5.21. The highest BCUT2D eigenvalue weighted by atomic mass is 32.2. The minimum absolute atomic E-state index is 0.00263. The van der Waals surface area contributed by atoms with Crippen molar-refractivity contribution in [1.82, 2.24) is 4.98 Å². The predicted octanol–water partition coefficient (Wildman–Crippen LogP) is 3.83. The molecule has 8 heteroatoms. The molecule has 2 aliphatic rings. The van der Waals surface area contributed by atoms with Gasteiger partial charge in [-0.3, -0.25) is 0 Å². The number of anilines is 1. The number of halogens is 2. The van der Waals surface area contributed by atoms with Crippen molar-refractivity contribution in [3.63, 3.8) is 0 Å². The zero-order chi connectivity index (χ0) is 21.1. The fourth-order valence-electron chi connectivity index (χ4n) is 4.15. The molecule has 3 heterocycles. The summed E-state index contributed by atoms with van der Waals surface area (Å²) in [4.78, 5) is 6.09. The number of aromatic nitrogens is 1. The van der Waals surface area contributed by atoms with Gasteiger partial charge >= 0.3 is 0 Å². The fraction of sp³-hybridized carbons (Fsp3) is 0.500. The summed E-state index contributed by atoms with van der Waals surface area (Å²) in [6, 6.07) is 7.87. The first-order valence-corrected chi connectivity index (χ1v) is 11.5.